The summed E-state index contributed by atoms with van der Waals surface area (Å²) in [4.78, 5) is 0. The van der Waals surface area contributed by atoms with Crippen LogP contribution < -0.4 is 15.2 Å². The molecule has 22 heavy (non-hydrogen) atoms. The molecular formula is C21H24O. The molecule has 0 unspecified atom stereocenters. The van der Waals surface area contributed by atoms with Crippen LogP contribution >= 0.6 is 0 Å². The lowest BCUT2D eigenvalue weighted by Crippen LogP contribution is -2.38. The second-order valence-electron chi connectivity index (χ2n) is 7.46. The van der Waals surface area contributed by atoms with Gasteiger partial charge in [0.25, 0.3) is 0 Å². The molecule has 0 N–H and O–H groups in total. The van der Waals surface area contributed by atoms with Crippen molar-refractivity contribution in [3.63, 3.8) is 0 Å². The summed E-state index contributed by atoms with van der Waals surface area (Å²) >= 11 is 0. The van der Waals surface area contributed by atoms with E-state index in [2.05, 4.69) is 39.1 Å². The number of aryl methyl sites for hydroxylation is 2. The Hall–Kier alpha value is -1.76. The maximum absolute atomic E-state index is 6.39. The maximum Gasteiger partial charge on any atom is 0.131 e. The molecule has 0 atom stereocenters. The van der Waals surface area contributed by atoms with E-state index in [9.17, 15) is 0 Å². The van der Waals surface area contributed by atoms with Gasteiger partial charge in [0.15, 0.2) is 0 Å². The minimum Gasteiger partial charge on any atom is -0.487 e. The topological polar surface area (TPSA) is 9.23 Å². The van der Waals surface area contributed by atoms with Crippen molar-refractivity contribution in [2.75, 3.05) is 0 Å². The molecule has 0 spiro atoms. The molecular weight excluding hydrogens is 268 g/mol. The molecule has 0 saturated carbocycles. The van der Waals surface area contributed by atoms with Crippen molar-refractivity contribution in [2.24, 2.45) is 0 Å². The fourth-order valence-corrected chi connectivity index (χ4v) is 4.13. The van der Waals surface area contributed by atoms with E-state index in [1.165, 1.54) is 46.7 Å². The predicted octanol–water partition coefficient (Wildman–Crippen LogP) is 3.64. The van der Waals surface area contributed by atoms with Gasteiger partial charge in [0.05, 0.1) is 0 Å². The molecule has 2 aromatic rings. The Balaban J connectivity index is 2.12. The van der Waals surface area contributed by atoms with Crippen LogP contribution in [0.4, 0.5) is 0 Å². The molecule has 1 heterocycles. The third-order valence-electron chi connectivity index (χ3n) is 5.44. The molecule has 1 heteroatoms. The minimum absolute atomic E-state index is 0.0923. The van der Waals surface area contributed by atoms with Crippen LogP contribution in [0.15, 0.2) is 12.1 Å². The zero-order valence-electron chi connectivity index (χ0n) is 13.7. The molecule has 1 aliphatic carbocycles. The summed E-state index contributed by atoms with van der Waals surface area (Å²) in [6, 6.07) is 4.57. The SMILES string of the molecule is C=c1c2c(c3ccc4c(c3c1=C)CCCC4)OC(C)(C)CC2. The first-order chi connectivity index (χ1) is 10.5. The second-order valence-corrected chi connectivity index (χ2v) is 7.46. The van der Waals surface area contributed by atoms with Crippen molar-refractivity contribution in [2.45, 2.75) is 58.0 Å². The highest BCUT2D eigenvalue weighted by Crippen LogP contribution is 2.38. The quantitative estimate of drug-likeness (QED) is 0.720. The standard InChI is InChI=1S/C21H24O/c1-13-14(2)19-17-8-6-5-7-15(17)9-10-18(19)20-16(13)11-12-21(3,4)22-20/h9-10H,1-2,5-8,11-12H2,3-4H3. The Labute approximate surface area is 132 Å². The molecule has 2 aromatic carbocycles. The molecule has 0 aromatic heterocycles. The molecule has 114 valence electrons. The summed E-state index contributed by atoms with van der Waals surface area (Å²) in [6.45, 7) is 13.1. The first-order valence-electron chi connectivity index (χ1n) is 8.44. The van der Waals surface area contributed by atoms with Gasteiger partial charge in [0.2, 0.25) is 0 Å². The van der Waals surface area contributed by atoms with Gasteiger partial charge in [0, 0.05) is 10.9 Å². The molecule has 4 rings (SSSR count). The largest absolute Gasteiger partial charge is 0.487 e. The lowest BCUT2D eigenvalue weighted by molar-refractivity contribution is 0.0865. The zero-order valence-corrected chi connectivity index (χ0v) is 13.7. The van der Waals surface area contributed by atoms with Crippen molar-refractivity contribution in [3.05, 3.63) is 39.3 Å². The van der Waals surface area contributed by atoms with Crippen molar-refractivity contribution in [3.8, 4) is 5.75 Å². The van der Waals surface area contributed by atoms with Crippen LogP contribution in [0.3, 0.4) is 0 Å². The van der Waals surface area contributed by atoms with Gasteiger partial charge in [-0.3, -0.25) is 0 Å². The summed E-state index contributed by atoms with van der Waals surface area (Å²) < 4.78 is 6.39. The van der Waals surface area contributed by atoms with E-state index in [0.717, 1.165) is 35.4 Å². The van der Waals surface area contributed by atoms with E-state index in [-0.39, 0.29) is 5.60 Å². The zero-order chi connectivity index (χ0) is 15.5. The Morgan fingerprint density at radius 2 is 1.73 bits per heavy atom. The smallest absolute Gasteiger partial charge is 0.131 e. The monoisotopic (exact) mass is 292 g/mol. The van der Waals surface area contributed by atoms with Gasteiger partial charge in [-0.05, 0) is 79.3 Å². The van der Waals surface area contributed by atoms with Crippen LogP contribution in [0.2, 0.25) is 0 Å². The van der Waals surface area contributed by atoms with Crippen molar-refractivity contribution >= 4 is 23.9 Å². The third kappa shape index (κ3) is 1.91. The Kier molecular flexibility index (Phi) is 2.91. The fourth-order valence-electron chi connectivity index (χ4n) is 4.13. The van der Waals surface area contributed by atoms with Gasteiger partial charge in [-0.25, -0.2) is 0 Å². The molecule has 1 nitrogen and oxygen atoms in total. The first kappa shape index (κ1) is 13.9. The van der Waals surface area contributed by atoms with E-state index in [1.54, 1.807) is 0 Å². The summed E-state index contributed by atoms with van der Waals surface area (Å²) in [7, 11) is 0. The van der Waals surface area contributed by atoms with Gasteiger partial charge in [-0.1, -0.05) is 25.3 Å². The van der Waals surface area contributed by atoms with Crippen molar-refractivity contribution < 1.29 is 4.74 Å². The van der Waals surface area contributed by atoms with Gasteiger partial charge < -0.3 is 4.74 Å². The van der Waals surface area contributed by atoms with Gasteiger partial charge in [-0.15, -0.1) is 0 Å². The number of fused-ring (bicyclic) bond motifs is 5. The van der Waals surface area contributed by atoms with Crippen molar-refractivity contribution in [1.82, 2.24) is 0 Å². The molecule has 2 aliphatic rings. The summed E-state index contributed by atoms with van der Waals surface area (Å²) in [5.74, 6) is 1.07. The van der Waals surface area contributed by atoms with Crippen molar-refractivity contribution in [1.29, 1.82) is 0 Å². The van der Waals surface area contributed by atoms with E-state index in [1.807, 2.05) is 0 Å². The van der Waals surface area contributed by atoms with E-state index in [0.29, 0.717) is 0 Å². The Bertz CT molecular complexity index is 873. The van der Waals surface area contributed by atoms with E-state index < -0.39 is 0 Å². The number of hydrogen-bond donors (Lipinski definition) is 0. The number of benzene rings is 2. The average molecular weight is 292 g/mol. The highest BCUT2D eigenvalue weighted by molar-refractivity contribution is 5.94. The lowest BCUT2D eigenvalue weighted by Gasteiger charge is -2.34. The Morgan fingerprint density at radius 1 is 0.955 bits per heavy atom. The highest BCUT2D eigenvalue weighted by atomic mass is 16.5. The Morgan fingerprint density at radius 3 is 2.55 bits per heavy atom. The van der Waals surface area contributed by atoms with Crippen LogP contribution in [-0.4, -0.2) is 5.60 Å². The molecule has 0 radical (unpaired) electrons. The molecule has 0 fully saturated rings. The van der Waals surface area contributed by atoms with Crippen LogP contribution in [0.5, 0.6) is 5.75 Å². The van der Waals surface area contributed by atoms with Gasteiger partial charge in [-0.2, -0.15) is 0 Å². The first-order valence-corrected chi connectivity index (χ1v) is 8.44. The van der Waals surface area contributed by atoms with Crippen LogP contribution in [0, 0.1) is 0 Å². The number of hydrogen-bond acceptors (Lipinski definition) is 1. The average Bonchev–Trinajstić information content (AvgIpc) is 2.50. The normalized spacial score (nSPS) is 19.4. The third-order valence-corrected chi connectivity index (χ3v) is 5.44. The van der Waals surface area contributed by atoms with Crippen LogP contribution in [0.1, 0.15) is 49.8 Å². The number of rotatable bonds is 0. The van der Waals surface area contributed by atoms with Crippen LogP contribution in [0.25, 0.3) is 23.9 Å². The summed E-state index contributed by atoms with van der Waals surface area (Å²) in [5, 5.41) is 4.78. The van der Waals surface area contributed by atoms with E-state index in [4.69, 9.17) is 4.74 Å². The van der Waals surface area contributed by atoms with E-state index >= 15 is 0 Å². The molecule has 0 saturated heterocycles. The van der Waals surface area contributed by atoms with Crippen LogP contribution in [-0.2, 0) is 19.3 Å². The lowest BCUT2D eigenvalue weighted by atomic mass is 9.84. The number of ether oxygens (including phenoxy) is 1. The van der Waals surface area contributed by atoms with Gasteiger partial charge >= 0.3 is 0 Å². The molecule has 0 bridgehead atoms. The maximum atomic E-state index is 6.39. The predicted molar refractivity (Wildman–Crippen MR) is 93.9 cm³/mol. The summed E-state index contributed by atoms with van der Waals surface area (Å²) in [5.41, 5.74) is 4.17. The summed E-state index contributed by atoms with van der Waals surface area (Å²) in [6.07, 6.45) is 7.02. The minimum atomic E-state index is -0.0923. The fraction of sp³-hybridized carbons (Fsp3) is 0.429. The molecule has 1 aliphatic heterocycles. The highest BCUT2D eigenvalue weighted by Gasteiger charge is 2.29. The molecule has 0 amide bonds. The van der Waals surface area contributed by atoms with Gasteiger partial charge in [0.1, 0.15) is 11.4 Å². The second kappa shape index (κ2) is 4.62.